The van der Waals surface area contributed by atoms with Crippen LogP contribution in [0.15, 0.2) is 73.1 Å². The summed E-state index contributed by atoms with van der Waals surface area (Å²) in [7, 11) is 1.70. The van der Waals surface area contributed by atoms with Crippen LogP contribution in [0.1, 0.15) is 11.1 Å². The molecule has 25 heavy (non-hydrogen) atoms. The average Bonchev–Trinajstić information content (AvgIpc) is 2.68. The fourth-order valence-electron chi connectivity index (χ4n) is 2.71. The van der Waals surface area contributed by atoms with Gasteiger partial charge in [-0.3, -0.25) is 9.97 Å². The Morgan fingerprint density at radius 3 is 1.84 bits per heavy atom. The number of methoxy groups -OCH3 is 1. The van der Waals surface area contributed by atoms with Gasteiger partial charge in [0.15, 0.2) is 0 Å². The number of para-hydroxylation sites is 2. The van der Waals surface area contributed by atoms with Crippen molar-refractivity contribution in [2.75, 3.05) is 7.11 Å². The molecule has 0 unspecified atom stereocenters. The summed E-state index contributed by atoms with van der Waals surface area (Å²) in [4.78, 5) is 8.50. The van der Waals surface area contributed by atoms with Crippen molar-refractivity contribution in [3.05, 3.63) is 84.2 Å². The van der Waals surface area contributed by atoms with E-state index in [9.17, 15) is 0 Å². The van der Waals surface area contributed by atoms with Crippen molar-refractivity contribution in [1.82, 2.24) is 9.97 Å². The van der Waals surface area contributed by atoms with Crippen LogP contribution in [0.4, 0.5) is 0 Å². The SMILES string of the molecule is COCc1ccnc2ccccc12.ClCc1ccnc2ccccc12. The van der Waals surface area contributed by atoms with Crippen molar-refractivity contribution >= 4 is 33.4 Å². The molecule has 0 aliphatic rings. The van der Waals surface area contributed by atoms with Crippen molar-refractivity contribution in [1.29, 1.82) is 0 Å². The summed E-state index contributed by atoms with van der Waals surface area (Å²) >= 11 is 5.78. The number of ether oxygens (including phenoxy) is 1. The topological polar surface area (TPSA) is 35.0 Å². The van der Waals surface area contributed by atoms with Gasteiger partial charge < -0.3 is 4.74 Å². The molecule has 0 saturated heterocycles. The third-order valence-electron chi connectivity index (χ3n) is 3.92. The zero-order chi connectivity index (χ0) is 17.5. The molecule has 0 aliphatic carbocycles. The number of aromatic nitrogens is 2. The molecule has 4 heteroatoms. The number of halogens is 1. The second kappa shape index (κ2) is 8.56. The van der Waals surface area contributed by atoms with Crippen LogP contribution in [0.3, 0.4) is 0 Å². The van der Waals surface area contributed by atoms with Crippen LogP contribution in [0.5, 0.6) is 0 Å². The first kappa shape index (κ1) is 17.3. The van der Waals surface area contributed by atoms with E-state index < -0.39 is 0 Å². The number of nitrogens with zero attached hydrogens (tertiary/aromatic N) is 2. The summed E-state index contributed by atoms with van der Waals surface area (Å²) in [6, 6.07) is 20.0. The van der Waals surface area contributed by atoms with Crippen LogP contribution in [0.25, 0.3) is 21.8 Å². The highest BCUT2D eigenvalue weighted by molar-refractivity contribution is 6.17. The highest BCUT2D eigenvalue weighted by Crippen LogP contribution is 2.17. The lowest BCUT2D eigenvalue weighted by molar-refractivity contribution is 0.186. The predicted octanol–water partition coefficient (Wildman–Crippen LogP) is 5.35. The van der Waals surface area contributed by atoms with Crippen molar-refractivity contribution in [2.45, 2.75) is 12.5 Å². The first-order valence-corrected chi connectivity index (χ1v) is 8.57. The monoisotopic (exact) mass is 350 g/mol. The highest BCUT2D eigenvalue weighted by Gasteiger charge is 1.99. The number of alkyl halides is 1. The van der Waals surface area contributed by atoms with Gasteiger partial charge >= 0.3 is 0 Å². The van der Waals surface area contributed by atoms with Gasteiger partial charge in [0.1, 0.15) is 0 Å². The van der Waals surface area contributed by atoms with Gasteiger partial charge in [-0.2, -0.15) is 0 Å². The molecule has 2 aromatic carbocycles. The Labute approximate surface area is 152 Å². The van der Waals surface area contributed by atoms with E-state index in [4.69, 9.17) is 16.3 Å². The lowest BCUT2D eigenvalue weighted by Crippen LogP contribution is -1.90. The van der Waals surface area contributed by atoms with Crippen LogP contribution in [0, 0.1) is 0 Å². The normalized spacial score (nSPS) is 10.5. The molecule has 126 valence electrons. The van der Waals surface area contributed by atoms with Gasteiger partial charge in [0.25, 0.3) is 0 Å². The van der Waals surface area contributed by atoms with E-state index in [0.29, 0.717) is 12.5 Å². The van der Waals surface area contributed by atoms with Crippen LogP contribution in [-0.2, 0) is 17.2 Å². The van der Waals surface area contributed by atoms with E-state index in [0.717, 1.165) is 22.0 Å². The Bertz CT molecular complexity index is 961. The fraction of sp³-hybridized carbons (Fsp3) is 0.143. The van der Waals surface area contributed by atoms with Gasteiger partial charge in [0.2, 0.25) is 0 Å². The first-order chi connectivity index (χ1) is 12.3. The molecule has 0 spiro atoms. The van der Waals surface area contributed by atoms with Crippen LogP contribution < -0.4 is 0 Å². The molecule has 0 saturated carbocycles. The van der Waals surface area contributed by atoms with E-state index in [1.165, 1.54) is 10.9 Å². The molecule has 4 rings (SSSR count). The Morgan fingerprint density at radius 2 is 1.28 bits per heavy atom. The van der Waals surface area contributed by atoms with Crippen molar-refractivity contribution in [2.24, 2.45) is 0 Å². The molecule has 0 fully saturated rings. The minimum atomic E-state index is 0.545. The van der Waals surface area contributed by atoms with Crippen LogP contribution in [0.2, 0.25) is 0 Å². The van der Waals surface area contributed by atoms with Crippen molar-refractivity contribution in [3.63, 3.8) is 0 Å². The van der Waals surface area contributed by atoms with Gasteiger partial charge in [-0.25, -0.2) is 0 Å². The molecule has 0 N–H and O–H groups in total. The molecule has 0 amide bonds. The Balaban J connectivity index is 0.000000146. The predicted molar refractivity (Wildman–Crippen MR) is 104 cm³/mol. The van der Waals surface area contributed by atoms with Crippen molar-refractivity contribution < 1.29 is 4.74 Å². The smallest absolute Gasteiger partial charge is 0.0720 e. The lowest BCUT2D eigenvalue weighted by Gasteiger charge is -2.03. The maximum absolute atomic E-state index is 5.78. The van der Waals surface area contributed by atoms with Gasteiger partial charge in [-0.1, -0.05) is 36.4 Å². The summed E-state index contributed by atoms with van der Waals surface area (Å²) in [6.07, 6.45) is 3.61. The van der Waals surface area contributed by atoms with E-state index in [-0.39, 0.29) is 0 Å². The third-order valence-corrected chi connectivity index (χ3v) is 4.21. The second-order valence-corrected chi connectivity index (χ2v) is 5.81. The second-order valence-electron chi connectivity index (χ2n) is 5.54. The molecule has 0 atom stereocenters. The van der Waals surface area contributed by atoms with Gasteiger partial charge in [-0.05, 0) is 35.4 Å². The molecule has 0 bridgehead atoms. The molecule has 3 nitrogen and oxygen atoms in total. The quantitative estimate of drug-likeness (QED) is 0.467. The Kier molecular flexibility index (Phi) is 5.94. The molecule has 2 heterocycles. The maximum Gasteiger partial charge on any atom is 0.0720 e. The third kappa shape index (κ3) is 4.13. The number of pyridine rings is 2. The summed E-state index contributed by atoms with van der Waals surface area (Å²) in [5, 5.41) is 2.32. The molecule has 2 aromatic heterocycles. The average molecular weight is 351 g/mol. The van der Waals surface area contributed by atoms with E-state index >= 15 is 0 Å². The van der Waals surface area contributed by atoms with Gasteiger partial charge in [0, 0.05) is 36.2 Å². The molecule has 0 radical (unpaired) electrons. The van der Waals surface area contributed by atoms with Gasteiger partial charge in [-0.15, -0.1) is 11.6 Å². The van der Waals surface area contributed by atoms with E-state index in [1.807, 2.05) is 60.8 Å². The number of hydrogen-bond acceptors (Lipinski definition) is 3. The first-order valence-electron chi connectivity index (χ1n) is 8.03. The fourth-order valence-corrected chi connectivity index (χ4v) is 2.94. The Morgan fingerprint density at radius 1 is 0.760 bits per heavy atom. The lowest BCUT2D eigenvalue weighted by atomic mass is 10.1. The largest absolute Gasteiger partial charge is 0.380 e. The molecular weight excluding hydrogens is 332 g/mol. The van der Waals surface area contributed by atoms with E-state index in [1.54, 1.807) is 13.3 Å². The van der Waals surface area contributed by atoms with E-state index in [2.05, 4.69) is 16.0 Å². The highest BCUT2D eigenvalue weighted by atomic mass is 35.5. The summed E-state index contributed by atoms with van der Waals surface area (Å²) in [6.45, 7) is 0.642. The number of hydrogen-bond donors (Lipinski definition) is 0. The zero-order valence-corrected chi connectivity index (χ0v) is 14.8. The summed E-state index contributed by atoms with van der Waals surface area (Å²) < 4.78 is 5.11. The summed E-state index contributed by atoms with van der Waals surface area (Å²) in [5.41, 5.74) is 4.36. The minimum absolute atomic E-state index is 0.545. The number of fused-ring (bicyclic) bond motifs is 2. The molecule has 0 aliphatic heterocycles. The van der Waals surface area contributed by atoms with Crippen LogP contribution >= 0.6 is 11.6 Å². The zero-order valence-electron chi connectivity index (χ0n) is 14.0. The minimum Gasteiger partial charge on any atom is -0.380 e. The summed E-state index contributed by atoms with van der Waals surface area (Å²) in [5.74, 6) is 0.545. The number of rotatable bonds is 3. The molecular formula is C21H19ClN2O. The van der Waals surface area contributed by atoms with Crippen molar-refractivity contribution in [3.8, 4) is 0 Å². The van der Waals surface area contributed by atoms with Gasteiger partial charge in [0.05, 0.1) is 17.6 Å². The maximum atomic E-state index is 5.78. The molecule has 4 aromatic rings. The Hall–Kier alpha value is -2.49. The standard InChI is InChI=1S/C11H11NO.C10H8ClN/c1-13-8-9-6-7-12-11-5-3-2-4-10(9)11;11-7-8-5-6-12-10-4-2-1-3-9(8)10/h2-7H,8H2,1H3;1-6H,7H2. The van der Waals surface area contributed by atoms with Crippen LogP contribution in [-0.4, -0.2) is 17.1 Å². The number of benzene rings is 2.